The van der Waals surface area contributed by atoms with Crippen molar-refractivity contribution in [2.75, 3.05) is 17.4 Å². The summed E-state index contributed by atoms with van der Waals surface area (Å²) < 4.78 is 5.52. The van der Waals surface area contributed by atoms with Gasteiger partial charge in [-0.25, -0.2) is 5.84 Å². The van der Waals surface area contributed by atoms with Gasteiger partial charge >= 0.3 is 6.01 Å². The van der Waals surface area contributed by atoms with Crippen LogP contribution in [0.5, 0.6) is 6.01 Å². The van der Waals surface area contributed by atoms with Crippen molar-refractivity contribution in [3.8, 4) is 6.01 Å². The van der Waals surface area contributed by atoms with Crippen LogP contribution < -0.4 is 20.9 Å². The van der Waals surface area contributed by atoms with Crippen LogP contribution in [0, 0.1) is 6.92 Å². The largest absolute Gasteiger partial charge is 0.461 e. The molecule has 112 valence electrons. The van der Waals surface area contributed by atoms with Crippen molar-refractivity contribution < 1.29 is 4.74 Å². The average molecular weight is 288 g/mol. The lowest BCUT2D eigenvalue weighted by Crippen LogP contribution is -2.19. The summed E-state index contributed by atoms with van der Waals surface area (Å²) in [6.45, 7) is 5.85. The number of anilines is 3. The molecule has 21 heavy (non-hydrogen) atoms. The van der Waals surface area contributed by atoms with Gasteiger partial charge in [0.15, 0.2) is 0 Å². The molecule has 1 aromatic heterocycles. The summed E-state index contributed by atoms with van der Waals surface area (Å²) >= 11 is 0. The minimum atomic E-state index is -0.0319. The van der Waals surface area contributed by atoms with E-state index in [1.807, 2.05) is 57.0 Å². The lowest BCUT2D eigenvalue weighted by molar-refractivity contribution is 0.222. The molecule has 7 nitrogen and oxygen atoms in total. The highest BCUT2D eigenvalue weighted by Gasteiger charge is 2.13. The number of rotatable bonds is 5. The number of hydrogen-bond acceptors (Lipinski definition) is 7. The van der Waals surface area contributed by atoms with Gasteiger partial charge in [0.2, 0.25) is 11.9 Å². The fourth-order valence-electron chi connectivity index (χ4n) is 1.71. The number of aryl methyl sites for hydroxylation is 1. The lowest BCUT2D eigenvalue weighted by Gasteiger charge is -2.18. The maximum Gasteiger partial charge on any atom is 0.323 e. The van der Waals surface area contributed by atoms with E-state index in [0.717, 1.165) is 5.69 Å². The predicted octanol–water partition coefficient (Wildman–Crippen LogP) is 2.02. The van der Waals surface area contributed by atoms with Gasteiger partial charge in [-0.15, -0.1) is 0 Å². The zero-order valence-electron chi connectivity index (χ0n) is 12.7. The maximum atomic E-state index is 5.52. The first-order chi connectivity index (χ1) is 9.99. The van der Waals surface area contributed by atoms with E-state index in [-0.39, 0.29) is 18.1 Å². The SMILES string of the molecule is Cc1ccc(N(C)c2nc(NN)nc(OC(C)C)n2)cc1. The van der Waals surface area contributed by atoms with Crippen LogP contribution in [0.4, 0.5) is 17.6 Å². The fraction of sp³-hybridized carbons (Fsp3) is 0.357. The molecule has 7 heteroatoms. The van der Waals surface area contributed by atoms with Gasteiger partial charge in [0.25, 0.3) is 0 Å². The topological polar surface area (TPSA) is 89.2 Å². The Morgan fingerprint density at radius 2 is 1.81 bits per heavy atom. The van der Waals surface area contributed by atoms with Crippen molar-refractivity contribution in [2.24, 2.45) is 5.84 Å². The molecular formula is C14H20N6O. The van der Waals surface area contributed by atoms with Gasteiger partial charge in [0.1, 0.15) is 0 Å². The summed E-state index contributed by atoms with van der Waals surface area (Å²) in [6, 6.07) is 8.29. The number of nitrogen functional groups attached to an aromatic ring is 1. The molecule has 0 saturated carbocycles. The Bertz CT molecular complexity index is 599. The molecular weight excluding hydrogens is 268 g/mol. The molecule has 1 heterocycles. The van der Waals surface area contributed by atoms with E-state index >= 15 is 0 Å². The van der Waals surface area contributed by atoms with Gasteiger partial charge in [0.05, 0.1) is 6.10 Å². The van der Waals surface area contributed by atoms with Gasteiger partial charge in [-0.1, -0.05) is 17.7 Å². The Kier molecular flexibility index (Phi) is 4.54. The third kappa shape index (κ3) is 3.79. The third-order valence-electron chi connectivity index (χ3n) is 2.79. The van der Waals surface area contributed by atoms with Gasteiger partial charge in [-0.3, -0.25) is 5.43 Å². The number of hydrazine groups is 1. The molecule has 0 spiro atoms. The summed E-state index contributed by atoms with van der Waals surface area (Å²) in [4.78, 5) is 14.5. The van der Waals surface area contributed by atoms with E-state index < -0.39 is 0 Å². The van der Waals surface area contributed by atoms with Crippen LogP contribution in [0.1, 0.15) is 19.4 Å². The molecule has 0 radical (unpaired) electrons. The van der Waals surface area contributed by atoms with E-state index in [1.54, 1.807) is 0 Å². The van der Waals surface area contributed by atoms with Crippen LogP contribution >= 0.6 is 0 Å². The van der Waals surface area contributed by atoms with Crippen molar-refractivity contribution in [3.05, 3.63) is 29.8 Å². The number of hydrogen-bond donors (Lipinski definition) is 2. The molecule has 0 aliphatic carbocycles. The Labute approximate surface area is 124 Å². The first-order valence-electron chi connectivity index (χ1n) is 6.69. The summed E-state index contributed by atoms with van der Waals surface area (Å²) in [6.07, 6.45) is -0.0319. The Hall–Kier alpha value is -2.41. The number of aromatic nitrogens is 3. The summed E-state index contributed by atoms with van der Waals surface area (Å²) in [7, 11) is 1.87. The quantitative estimate of drug-likeness (QED) is 0.642. The van der Waals surface area contributed by atoms with Crippen molar-refractivity contribution in [1.82, 2.24) is 15.0 Å². The van der Waals surface area contributed by atoms with E-state index in [1.165, 1.54) is 5.56 Å². The minimum Gasteiger partial charge on any atom is -0.461 e. The molecule has 0 aliphatic heterocycles. The summed E-state index contributed by atoms with van der Waals surface area (Å²) in [5.41, 5.74) is 4.58. The maximum absolute atomic E-state index is 5.52. The second-order valence-electron chi connectivity index (χ2n) is 4.95. The van der Waals surface area contributed by atoms with E-state index in [4.69, 9.17) is 10.6 Å². The monoisotopic (exact) mass is 288 g/mol. The number of nitrogens with zero attached hydrogens (tertiary/aromatic N) is 4. The van der Waals surface area contributed by atoms with Crippen molar-refractivity contribution >= 4 is 17.6 Å². The van der Waals surface area contributed by atoms with Gasteiger partial charge in [-0.05, 0) is 32.9 Å². The predicted molar refractivity (Wildman–Crippen MR) is 82.6 cm³/mol. The average Bonchev–Trinajstić information content (AvgIpc) is 2.46. The molecule has 2 rings (SSSR count). The van der Waals surface area contributed by atoms with Crippen LogP contribution in [0.3, 0.4) is 0 Å². The van der Waals surface area contributed by atoms with Crippen LogP contribution in [0.25, 0.3) is 0 Å². The first kappa shape index (κ1) is 15.0. The number of nitrogens with two attached hydrogens (primary N) is 1. The first-order valence-corrected chi connectivity index (χ1v) is 6.69. The highest BCUT2D eigenvalue weighted by atomic mass is 16.5. The van der Waals surface area contributed by atoms with Crippen molar-refractivity contribution in [2.45, 2.75) is 26.9 Å². The molecule has 0 amide bonds. The van der Waals surface area contributed by atoms with E-state index in [0.29, 0.717) is 5.95 Å². The zero-order valence-corrected chi connectivity index (χ0v) is 12.7. The lowest BCUT2D eigenvalue weighted by atomic mass is 10.2. The number of ether oxygens (including phenoxy) is 1. The Morgan fingerprint density at radius 3 is 2.38 bits per heavy atom. The zero-order chi connectivity index (χ0) is 15.4. The molecule has 0 aliphatic rings. The number of nitrogens with one attached hydrogen (secondary N) is 1. The molecule has 0 fully saturated rings. The van der Waals surface area contributed by atoms with Gasteiger partial charge in [0, 0.05) is 12.7 Å². The summed E-state index contributed by atoms with van der Waals surface area (Å²) in [5, 5.41) is 0. The number of benzene rings is 1. The molecule has 0 unspecified atom stereocenters. The van der Waals surface area contributed by atoms with Crippen LogP contribution in [0.15, 0.2) is 24.3 Å². The standard InChI is InChI=1S/C14H20N6O/c1-9(2)21-14-17-12(19-15)16-13(18-14)20(4)11-7-5-10(3)6-8-11/h5-9H,15H2,1-4H3,(H,16,17,18,19). The van der Waals surface area contributed by atoms with Crippen LogP contribution in [-0.4, -0.2) is 28.1 Å². The second-order valence-corrected chi connectivity index (χ2v) is 4.95. The molecule has 0 atom stereocenters. The summed E-state index contributed by atoms with van der Waals surface area (Å²) in [5.74, 6) is 6.12. The molecule has 3 N–H and O–H groups in total. The smallest absolute Gasteiger partial charge is 0.323 e. The molecule has 0 saturated heterocycles. The third-order valence-corrected chi connectivity index (χ3v) is 2.79. The fourth-order valence-corrected chi connectivity index (χ4v) is 1.71. The van der Waals surface area contributed by atoms with E-state index in [2.05, 4.69) is 20.4 Å². The molecule has 2 aromatic rings. The van der Waals surface area contributed by atoms with Crippen LogP contribution in [0.2, 0.25) is 0 Å². The normalized spacial score (nSPS) is 10.6. The minimum absolute atomic E-state index is 0.0319. The Balaban J connectivity index is 2.34. The Morgan fingerprint density at radius 1 is 1.14 bits per heavy atom. The van der Waals surface area contributed by atoms with Gasteiger partial charge < -0.3 is 9.64 Å². The van der Waals surface area contributed by atoms with Crippen LogP contribution in [-0.2, 0) is 0 Å². The molecule has 0 bridgehead atoms. The highest BCUT2D eigenvalue weighted by Crippen LogP contribution is 2.22. The van der Waals surface area contributed by atoms with Gasteiger partial charge in [-0.2, -0.15) is 15.0 Å². The van der Waals surface area contributed by atoms with Crippen molar-refractivity contribution in [1.29, 1.82) is 0 Å². The second kappa shape index (κ2) is 6.36. The van der Waals surface area contributed by atoms with E-state index in [9.17, 15) is 0 Å². The van der Waals surface area contributed by atoms with Crippen molar-refractivity contribution in [3.63, 3.8) is 0 Å². The molecule has 1 aromatic carbocycles. The highest BCUT2D eigenvalue weighted by molar-refractivity contribution is 5.57.